The van der Waals surface area contributed by atoms with Crippen molar-refractivity contribution in [2.45, 2.75) is 25.0 Å². The Morgan fingerprint density at radius 1 is 1.02 bits per heavy atom. The van der Waals surface area contributed by atoms with Crippen LogP contribution in [0.2, 0.25) is 5.02 Å². The van der Waals surface area contributed by atoms with Gasteiger partial charge in [-0.05, 0) is 36.4 Å². The Kier molecular flexibility index (Phi) is 9.25. The molecule has 0 bridgehead atoms. The highest BCUT2D eigenvalue weighted by Crippen LogP contribution is 2.38. The summed E-state index contributed by atoms with van der Waals surface area (Å²) in [5, 5.41) is 7.59. The number of aryl methyl sites for hydroxylation is 1. The van der Waals surface area contributed by atoms with Crippen molar-refractivity contribution in [3.8, 4) is 22.6 Å². The van der Waals surface area contributed by atoms with Crippen LogP contribution in [-0.4, -0.2) is 53.1 Å². The second-order valence-corrected chi connectivity index (χ2v) is 9.65. The molecule has 16 heteroatoms. The van der Waals surface area contributed by atoms with Crippen LogP contribution in [0.25, 0.3) is 22.0 Å². The van der Waals surface area contributed by atoms with Gasteiger partial charge in [-0.25, -0.2) is 0 Å². The molecule has 2 aromatic heterocycles. The molecule has 0 aliphatic heterocycles. The fourth-order valence-corrected chi connectivity index (χ4v) is 4.45. The van der Waals surface area contributed by atoms with Gasteiger partial charge in [0.1, 0.15) is 17.5 Å². The van der Waals surface area contributed by atoms with E-state index in [1.54, 1.807) is 30.1 Å². The highest BCUT2D eigenvalue weighted by molar-refractivity contribution is 6.31. The first-order valence-electron chi connectivity index (χ1n) is 12.4. The average molecular weight is 633 g/mol. The van der Waals surface area contributed by atoms with Gasteiger partial charge in [-0.3, -0.25) is 23.6 Å². The summed E-state index contributed by atoms with van der Waals surface area (Å²) in [5.74, 6) is -1.22. The van der Waals surface area contributed by atoms with Crippen LogP contribution in [0.3, 0.4) is 0 Å². The summed E-state index contributed by atoms with van der Waals surface area (Å²) in [5.41, 5.74) is -0.0198. The number of alkyl halides is 6. The van der Waals surface area contributed by atoms with Gasteiger partial charge in [0.2, 0.25) is 5.91 Å². The molecule has 1 N–H and O–H groups in total. The van der Waals surface area contributed by atoms with E-state index in [1.807, 2.05) is 0 Å². The molecule has 2 aromatic carbocycles. The number of anilines is 1. The normalized spacial score (nSPS) is 12.8. The lowest BCUT2D eigenvalue weighted by Gasteiger charge is -2.22. The summed E-state index contributed by atoms with van der Waals surface area (Å²) in [6.45, 7) is -2.60. The van der Waals surface area contributed by atoms with E-state index in [4.69, 9.17) is 21.1 Å². The summed E-state index contributed by atoms with van der Waals surface area (Å²) in [6.07, 6.45) is -7.48. The number of aromatic nitrogens is 3. The first-order valence-corrected chi connectivity index (χ1v) is 12.8. The number of fused-ring (bicyclic) bond motifs is 1. The Balaban J connectivity index is 1.73. The molecule has 230 valence electrons. The molecule has 0 saturated heterocycles. The van der Waals surface area contributed by atoms with Gasteiger partial charge in [0, 0.05) is 53.0 Å². The summed E-state index contributed by atoms with van der Waals surface area (Å²) in [7, 11) is 2.90. The van der Waals surface area contributed by atoms with Crippen molar-refractivity contribution in [3.05, 3.63) is 70.2 Å². The molecule has 0 aliphatic carbocycles. The fraction of sp³-hybridized carbons (Fsp3) is 0.296. The Morgan fingerprint density at radius 2 is 1.74 bits per heavy atom. The van der Waals surface area contributed by atoms with E-state index in [9.17, 15) is 35.9 Å². The molecular formula is C27H23ClF6N4O5. The zero-order valence-electron chi connectivity index (χ0n) is 22.4. The Morgan fingerprint density at radius 3 is 2.42 bits per heavy atom. The monoisotopic (exact) mass is 632 g/mol. The fourth-order valence-electron chi connectivity index (χ4n) is 4.28. The van der Waals surface area contributed by atoms with E-state index < -0.39 is 49.7 Å². The molecule has 9 nitrogen and oxygen atoms in total. The van der Waals surface area contributed by atoms with E-state index in [1.165, 1.54) is 31.4 Å². The predicted molar refractivity (Wildman–Crippen MR) is 144 cm³/mol. The van der Waals surface area contributed by atoms with Crippen molar-refractivity contribution in [3.63, 3.8) is 0 Å². The third-order valence-electron chi connectivity index (χ3n) is 6.07. The maximum Gasteiger partial charge on any atom is 0.522 e. The second kappa shape index (κ2) is 12.6. The number of rotatable bonds is 10. The van der Waals surface area contributed by atoms with Crippen LogP contribution in [0.1, 0.15) is 12.5 Å². The number of hydrogen-bond acceptors (Lipinski definition) is 6. The smallest absolute Gasteiger partial charge is 0.495 e. The SMILES string of the molecule is COc1cn(C(CCOC(F)(F)F)C(=O)Nc2ccc3nn(C)cc3c2)c(=O)cc1-c1cc(Cl)ccc1OCC(F)(F)F. The van der Waals surface area contributed by atoms with Crippen LogP contribution < -0.4 is 20.3 Å². The molecular weight excluding hydrogens is 610 g/mol. The summed E-state index contributed by atoms with van der Waals surface area (Å²) < 4.78 is 93.3. The summed E-state index contributed by atoms with van der Waals surface area (Å²) >= 11 is 6.06. The number of nitrogens with one attached hydrogen (secondary N) is 1. The highest BCUT2D eigenvalue weighted by atomic mass is 35.5. The first-order chi connectivity index (χ1) is 20.1. The van der Waals surface area contributed by atoms with Crippen LogP contribution in [0.5, 0.6) is 11.5 Å². The van der Waals surface area contributed by atoms with Crippen molar-refractivity contribution in [1.29, 1.82) is 0 Å². The van der Waals surface area contributed by atoms with Crippen molar-refractivity contribution in [2.24, 2.45) is 7.05 Å². The van der Waals surface area contributed by atoms with Gasteiger partial charge in [-0.15, -0.1) is 13.2 Å². The van der Waals surface area contributed by atoms with E-state index in [-0.39, 0.29) is 33.3 Å². The van der Waals surface area contributed by atoms with E-state index in [0.29, 0.717) is 10.9 Å². The molecule has 1 atom stereocenters. The molecule has 0 saturated carbocycles. The van der Waals surface area contributed by atoms with Crippen LogP contribution in [0.15, 0.2) is 59.7 Å². The zero-order chi connectivity index (χ0) is 31.5. The topological polar surface area (TPSA) is 96.6 Å². The molecule has 0 aliphatic rings. The maximum absolute atomic E-state index is 13.4. The number of carbonyl (C=O) groups excluding carboxylic acids is 1. The number of ether oxygens (including phenoxy) is 3. The van der Waals surface area contributed by atoms with Crippen molar-refractivity contribution in [1.82, 2.24) is 14.3 Å². The molecule has 0 radical (unpaired) electrons. The van der Waals surface area contributed by atoms with Crippen molar-refractivity contribution >= 4 is 34.1 Å². The van der Waals surface area contributed by atoms with Crippen LogP contribution in [-0.2, 0) is 16.6 Å². The third-order valence-corrected chi connectivity index (χ3v) is 6.30. The van der Waals surface area contributed by atoms with Crippen LogP contribution >= 0.6 is 11.6 Å². The van der Waals surface area contributed by atoms with Gasteiger partial charge >= 0.3 is 12.5 Å². The number of methoxy groups -OCH3 is 1. The molecule has 0 fully saturated rings. The quantitative estimate of drug-likeness (QED) is 0.212. The number of halogens is 7. The first kappa shape index (κ1) is 31.7. The standard InChI is InChI=1S/C27H23ClF6N4O5/c1-37-12-15-9-17(4-5-20(15)36-37)35-25(40)21(7-8-43-27(32,33)34)38-13-23(41-2)19(11-24(38)39)18-10-16(28)3-6-22(18)42-14-26(29,30)31/h3-6,9-13,21H,7-8,14H2,1-2H3,(H,35,40). The Labute approximate surface area is 244 Å². The lowest BCUT2D eigenvalue weighted by Crippen LogP contribution is -2.34. The molecule has 0 spiro atoms. The predicted octanol–water partition coefficient (Wildman–Crippen LogP) is 6.11. The van der Waals surface area contributed by atoms with Gasteiger partial charge < -0.3 is 14.8 Å². The summed E-state index contributed by atoms with van der Waals surface area (Å²) in [4.78, 5) is 26.7. The Hall–Kier alpha value is -4.24. The minimum Gasteiger partial charge on any atom is -0.495 e. The minimum absolute atomic E-state index is 0.0240. The number of benzene rings is 2. The van der Waals surface area contributed by atoms with Crippen molar-refractivity contribution < 1.29 is 45.3 Å². The largest absolute Gasteiger partial charge is 0.522 e. The Bertz CT molecular complexity index is 1690. The summed E-state index contributed by atoms with van der Waals surface area (Å²) in [6, 6.07) is 7.90. The molecule has 2 heterocycles. The number of amides is 1. The van der Waals surface area contributed by atoms with Gasteiger partial charge in [0.25, 0.3) is 5.56 Å². The van der Waals surface area contributed by atoms with Gasteiger partial charge in [-0.2, -0.15) is 18.3 Å². The van der Waals surface area contributed by atoms with Gasteiger partial charge in [-0.1, -0.05) is 11.6 Å². The molecule has 1 unspecified atom stereocenters. The molecule has 43 heavy (non-hydrogen) atoms. The van der Waals surface area contributed by atoms with Crippen LogP contribution in [0, 0.1) is 0 Å². The number of nitrogens with zero attached hydrogens (tertiary/aromatic N) is 3. The number of carbonyl (C=O) groups is 1. The van der Waals surface area contributed by atoms with Crippen LogP contribution in [0.4, 0.5) is 32.0 Å². The van der Waals surface area contributed by atoms with E-state index in [2.05, 4.69) is 15.2 Å². The molecule has 4 aromatic rings. The van der Waals surface area contributed by atoms with E-state index >= 15 is 0 Å². The van der Waals surface area contributed by atoms with Gasteiger partial charge in [0.05, 0.1) is 25.4 Å². The van der Waals surface area contributed by atoms with Crippen molar-refractivity contribution in [2.75, 3.05) is 25.6 Å². The average Bonchev–Trinajstić information content (AvgIpc) is 3.28. The lowest BCUT2D eigenvalue weighted by atomic mass is 10.0. The zero-order valence-corrected chi connectivity index (χ0v) is 23.2. The number of hydrogen-bond donors (Lipinski definition) is 1. The third kappa shape index (κ3) is 8.20. The van der Waals surface area contributed by atoms with Gasteiger partial charge in [0.15, 0.2) is 6.61 Å². The number of pyridine rings is 1. The second-order valence-electron chi connectivity index (χ2n) is 9.21. The lowest BCUT2D eigenvalue weighted by molar-refractivity contribution is -0.325. The minimum atomic E-state index is -4.99. The highest BCUT2D eigenvalue weighted by Gasteiger charge is 2.32. The molecule has 4 rings (SSSR count). The maximum atomic E-state index is 13.4. The van der Waals surface area contributed by atoms with E-state index in [0.717, 1.165) is 16.8 Å². The molecule has 1 amide bonds.